The molecule has 15 heavy (non-hydrogen) atoms. The van der Waals surface area contributed by atoms with Crippen LogP contribution in [0.3, 0.4) is 0 Å². The number of halogens is 2. The summed E-state index contributed by atoms with van der Waals surface area (Å²) in [6, 6.07) is 2.09. The van der Waals surface area contributed by atoms with Crippen LogP contribution in [-0.2, 0) is 6.54 Å². The van der Waals surface area contributed by atoms with E-state index in [0.717, 1.165) is 24.0 Å². The quantitative estimate of drug-likeness (QED) is 0.635. The van der Waals surface area contributed by atoms with Crippen LogP contribution in [0.2, 0.25) is 0 Å². The summed E-state index contributed by atoms with van der Waals surface area (Å²) in [6.45, 7) is 4.11. The van der Waals surface area contributed by atoms with E-state index in [0.29, 0.717) is 4.83 Å². The van der Waals surface area contributed by atoms with E-state index in [1.165, 1.54) is 12.0 Å². The smallest absolute Gasteiger partial charge is 0.0410 e. The molecule has 84 valence electrons. The molecule has 0 spiro atoms. The zero-order valence-corrected chi connectivity index (χ0v) is 12.0. The molecule has 0 amide bonds. The van der Waals surface area contributed by atoms with Gasteiger partial charge in [0.1, 0.15) is 0 Å². The molecule has 0 saturated carbocycles. The van der Waals surface area contributed by atoms with Crippen LogP contribution in [0.4, 0.5) is 0 Å². The molecule has 1 aromatic rings. The lowest BCUT2D eigenvalue weighted by Gasteiger charge is -2.08. The SMILES string of the molecule is CCC(Br)CCNCc1cncc(Br)c1. The molecule has 0 saturated heterocycles. The Balaban J connectivity index is 2.20. The fourth-order valence-corrected chi connectivity index (χ4v) is 1.89. The molecule has 0 aliphatic heterocycles. The Bertz CT molecular complexity index is 292. The van der Waals surface area contributed by atoms with Gasteiger partial charge in [-0.1, -0.05) is 22.9 Å². The highest BCUT2D eigenvalue weighted by Crippen LogP contribution is 2.10. The maximum atomic E-state index is 4.12. The zero-order chi connectivity index (χ0) is 11.1. The van der Waals surface area contributed by atoms with Gasteiger partial charge in [0, 0.05) is 28.2 Å². The second-order valence-electron chi connectivity index (χ2n) is 3.48. The van der Waals surface area contributed by atoms with E-state index in [1.54, 1.807) is 6.20 Å². The Morgan fingerprint density at radius 1 is 1.47 bits per heavy atom. The molecule has 0 aliphatic rings. The molecule has 1 atom stereocenters. The normalized spacial score (nSPS) is 12.7. The third-order valence-corrected chi connectivity index (χ3v) is 3.71. The van der Waals surface area contributed by atoms with Crippen LogP contribution in [0.1, 0.15) is 25.3 Å². The van der Waals surface area contributed by atoms with E-state index in [-0.39, 0.29) is 0 Å². The highest BCUT2D eigenvalue weighted by atomic mass is 79.9. The Kier molecular flexibility index (Phi) is 6.45. The van der Waals surface area contributed by atoms with Gasteiger partial charge in [0.15, 0.2) is 0 Å². The van der Waals surface area contributed by atoms with Crippen LogP contribution in [0.25, 0.3) is 0 Å². The van der Waals surface area contributed by atoms with E-state index in [2.05, 4.69) is 55.2 Å². The predicted molar refractivity (Wildman–Crippen MR) is 71.3 cm³/mol. The highest BCUT2D eigenvalue weighted by molar-refractivity contribution is 9.10. The Hall–Kier alpha value is 0.0700. The van der Waals surface area contributed by atoms with Crippen molar-refractivity contribution in [3.8, 4) is 0 Å². The van der Waals surface area contributed by atoms with Crippen molar-refractivity contribution in [2.24, 2.45) is 0 Å². The fraction of sp³-hybridized carbons (Fsp3) is 0.545. The van der Waals surface area contributed by atoms with Gasteiger partial charge in [-0.2, -0.15) is 0 Å². The number of rotatable bonds is 6. The Morgan fingerprint density at radius 2 is 2.27 bits per heavy atom. The van der Waals surface area contributed by atoms with Gasteiger partial charge >= 0.3 is 0 Å². The largest absolute Gasteiger partial charge is 0.313 e. The summed E-state index contributed by atoms with van der Waals surface area (Å²) in [5, 5.41) is 3.40. The van der Waals surface area contributed by atoms with Crippen LogP contribution in [-0.4, -0.2) is 16.4 Å². The van der Waals surface area contributed by atoms with Crippen LogP contribution < -0.4 is 5.32 Å². The van der Waals surface area contributed by atoms with E-state index in [9.17, 15) is 0 Å². The molecule has 0 aliphatic carbocycles. The number of aromatic nitrogens is 1. The molecule has 0 radical (unpaired) electrons. The average molecular weight is 336 g/mol. The number of nitrogens with one attached hydrogen (secondary N) is 1. The fourth-order valence-electron chi connectivity index (χ4n) is 1.25. The van der Waals surface area contributed by atoms with Gasteiger partial charge < -0.3 is 5.32 Å². The standard InChI is InChI=1S/C11H16Br2N2/c1-2-10(12)3-4-14-6-9-5-11(13)8-15-7-9/h5,7-8,10,14H,2-4,6H2,1H3. The first-order chi connectivity index (χ1) is 7.22. The van der Waals surface area contributed by atoms with Crippen molar-refractivity contribution in [2.75, 3.05) is 6.54 Å². The van der Waals surface area contributed by atoms with Crippen LogP contribution in [0.5, 0.6) is 0 Å². The lowest BCUT2D eigenvalue weighted by molar-refractivity contribution is 0.629. The van der Waals surface area contributed by atoms with Crippen molar-refractivity contribution >= 4 is 31.9 Å². The summed E-state index contributed by atoms with van der Waals surface area (Å²) in [4.78, 5) is 4.75. The second kappa shape index (κ2) is 7.36. The molecular weight excluding hydrogens is 320 g/mol. The van der Waals surface area contributed by atoms with Crippen molar-refractivity contribution < 1.29 is 0 Å². The van der Waals surface area contributed by atoms with Gasteiger partial charge in [-0.05, 0) is 46.9 Å². The van der Waals surface area contributed by atoms with E-state index < -0.39 is 0 Å². The second-order valence-corrected chi connectivity index (χ2v) is 5.69. The highest BCUT2D eigenvalue weighted by Gasteiger charge is 2.00. The van der Waals surface area contributed by atoms with Crippen molar-refractivity contribution in [3.63, 3.8) is 0 Å². The minimum absolute atomic E-state index is 0.630. The lowest BCUT2D eigenvalue weighted by Crippen LogP contribution is -2.17. The van der Waals surface area contributed by atoms with Gasteiger partial charge in [0.05, 0.1) is 0 Å². The Labute approximate surface area is 108 Å². The molecule has 0 fully saturated rings. The molecule has 2 nitrogen and oxygen atoms in total. The van der Waals surface area contributed by atoms with E-state index >= 15 is 0 Å². The molecular formula is C11H16Br2N2. The molecule has 1 unspecified atom stereocenters. The van der Waals surface area contributed by atoms with Gasteiger partial charge in [0.25, 0.3) is 0 Å². The summed E-state index contributed by atoms with van der Waals surface area (Å²) in [7, 11) is 0. The first-order valence-electron chi connectivity index (χ1n) is 5.16. The first-order valence-corrected chi connectivity index (χ1v) is 6.87. The number of alkyl halides is 1. The predicted octanol–water partition coefficient (Wildman–Crippen LogP) is 3.50. The molecule has 1 N–H and O–H groups in total. The topological polar surface area (TPSA) is 24.9 Å². The molecule has 0 aromatic carbocycles. The number of nitrogens with zero attached hydrogens (tertiary/aromatic N) is 1. The summed E-state index contributed by atoms with van der Waals surface area (Å²) >= 11 is 7.02. The number of hydrogen-bond donors (Lipinski definition) is 1. The first kappa shape index (κ1) is 13.1. The maximum Gasteiger partial charge on any atom is 0.0410 e. The van der Waals surface area contributed by atoms with Gasteiger partial charge in [-0.15, -0.1) is 0 Å². The zero-order valence-electron chi connectivity index (χ0n) is 8.84. The number of pyridine rings is 1. The molecule has 0 bridgehead atoms. The van der Waals surface area contributed by atoms with Gasteiger partial charge in [-0.3, -0.25) is 4.98 Å². The van der Waals surface area contributed by atoms with Crippen molar-refractivity contribution in [1.82, 2.24) is 10.3 Å². The molecule has 1 heterocycles. The minimum atomic E-state index is 0.630. The lowest BCUT2D eigenvalue weighted by atomic mass is 10.2. The summed E-state index contributed by atoms with van der Waals surface area (Å²) < 4.78 is 1.04. The number of hydrogen-bond acceptors (Lipinski definition) is 2. The van der Waals surface area contributed by atoms with E-state index in [1.807, 2.05) is 6.20 Å². The molecule has 1 rings (SSSR count). The Morgan fingerprint density at radius 3 is 2.93 bits per heavy atom. The van der Waals surface area contributed by atoms with Crippen molar-refractivity contribution in [1.29, 1.82) is 0 Å². The average Bonchev–Trinajstić information content (AvgIpc) is 2.24. The summed E-state index contributed by atoms with van der Waals surface area (Å²) in [5.41, 5.74) is 1.21. The van der Waals surface area contributed by atoms with Crippen LogP contribution in [0, 0.1) is 0 Å². The maximum absolute atomic E-state index is 4.12. The monoisotopic (exact) mass is 334 g/mol. The molecule has 4 heteroatoms. The molecule has 1 aromatic heterocycles. The van der Waals surface area contributed by atoms with Crippen LogP contribution >= 0.6 is 31.9 Å². The van der Waals surface area contributed by atoms with Crippen molar-refractivity contribution in [3.05, 3.63) is 28.5 Å². The third kappa shape index (κ3) is 5.64. The van der Waals surface area contributed by atoms with Crippen LogP contribution in [0.15, 0.2) is 22.9 Å². The third-order valence-electron chi connectivity index (χ3n) is 2.17. The minimum Gasteiger partial charge on any atom is -0.313 e. The van der Waals surface area contributed by atoms with E-state index in [4.69, 9.17) is 0 Å². The summed E-state index contributed by atoms with van der Waals surface area (Å²) in [5.74, 6) is 0. The summed E-state index contributed by atoms with van der Waals surface area (Å²) in [6.07, 6.45) is 6.04. The van der Waals surface area contributed by atoms with Crippen molar-refractivity contribution in [2.45, 2.75) is 31.1 Å². The van der Waals surface area contributed by atoms with Gasteiger partial charge in [0.2, 0.25) is 0 Å². The van der Waals surface area contributed by atoms with Gasteiger partial charge in [-0.25, -0.2) is 0 Å².